The van der Waals surface area contributed by atoms with Crippen molar-refractivity contribution in [2.45, 2.75) is 43.2 Å². The highest BCUT2D eigenvalue weighted by Crippen LogP contribution is 2.25. The van der Waals surface area contributed by atoms with Gasteiger partial charge in [-0.3, -0.25) is 0 Å². The lowest BCUT2D eigenvalue weighted by molar-refractivity contribution is 0.482. The van der Waals surface area contributed by atoms with Gasteiger partial charge in [-0.15, -0.1) is 0 Å². The maximum Gasteiger partial charge on any atom is 0.191 e. The molecule has 0 bridgehead atoms. The first-order valence-electron chi connectivity index (χ1n) is 7.28. The molecular weight excluding hydrogens is 286 g/mol. The summed E-state index contributed by atoms with van der Waals surface area (Å²) in [6.07, 6.45) is 2.91. The molecule has 1 unspecified atom stereocenters. The fourth-order valence-corrected chi connectivity index (χ4v) is 3.73. The Morgan fingerprint density at radius 1 is 1.38 bits per heavy atom. The first-order valence-corrected chi connectivity index (χ1v) is 8.93. The van der Waals surface area contributed by atoms with Crippen LogP contribution in [0.4, 0.5) is 0 Å². The Kier molecular flexibility index (Phi) is 4.88. The Balaban J connectivity index is 2.10. The van der Waals surface area contributed by atoms with Crippen molar-refractivity contribution in [2.75, 3.05) is 12.8 Å². The van der Waals surface area contributed by atoms with Gasteiger partial charge in [0.2, 0.25) is 0 Å². The van der Waals surface area contributed by atoms with E-state index in [0.29, 0.717) is 23.3 Å². The van der Waals surface area contributed by atoms with Gasteiger partial charge >= 0.3 is 0 Å². The second-order valence-corrected chi connectivity index (χ2v) is 7.52. The number of guanidine groups is 1. The minimum Gasteiger partial charge on any atom is -0.370 e. The zero-order valence-electron chi connectivity index (χ0n) is 12.6. The minimum absolute atomic E-state index is 0.00722. The third-order valence-electron chi connectivity index (χ3n) is 3.76. The van der Waals surface area contributed by atoms with E-state index in [1.807, 2.05) is 18.9 Å². The van der Waals surface area contributed by atoms with Crippen LogP contribution in [-0.4, -0.2) is 44.2 Å². The molecule has 0 aliphatic heterocycles. The molecule has 2 N–H and O–H groups in total. The van der Waals surface area contributed by atoms with Gasteiger partial charge in [0.15, 0.2) is 15.8 Å². The normalized spacial score (nSPS) is 17.5. The lowest BCUT2D eigenvalue weighted by atomic mass is 10.3. The Morgan fingerprint density at radius 3 is 2.52 bits per heavy atom. The lowest BCUT2D eigenvalue weighted by Crippen LogP contribution is -2.37. The van der Waals surface area contributed by atoms with Crippen molar-refractivity contribution in [2.24, 2.45) is 10.7 Å². The maximum atomic E-state index is 12.4. The number of nitrogens with two attached hydrogens (primary N) is 1. The predicted molar refractivity (Wildman–Crippen MR) is 85.0 cm³/mol. The molecule has 0 spiro atoms. The summed E-state index contributed by atoms with van der Waals surface area (Å²) in [7, 11) is -1.42. The van der Waals surface area contributed by atoms with Gasteiger partial charge in [-0.25, -0.2) is 13.4 Å². The second-order valence-electron chi connectivity index (χ2n) is 5.49. The molecule has 6 heteroatoms. The maximum absolute atomic E-state index is 12.4. The number of hydrogen-bond donors (Lipinski definition) is 1. The van der Waals surface area contributed by atoms with E-state index in [0.717, 1.165) is 12.8 Å². The van der Waals surface area contributed by atoms with Gasteiger partial charge in [0.1, 0.15) is 0 Å². The van der Waals surface area contributed by atoms with Gasteiger partial charge < -0.3 is 10.6 Å². The van der Waals surface area contributed by atoms with Crippen LogP contribution >= 0.6 is 0 Å². The van der Waals surface area contributed by atoms with Gasteiger partial charge in [-0.05, 0) is 31.4 Å². The molecule has 0 radical (unpaired) electrons. The SMILES string of the molecule is CCC(CS(=O)(=O)c1ccccc1)N=C(N)N(C)C1CC1. The van der Waals surface area contributed by atoms with Crippen molar-refractivity contribution in [1.29, 1.82) is 0 Å². The zero-order chi connectivity index (χ0) is 15.5. The number of benzene rings is 1. The second kappa shape index (κ2) is 6.47. The average Bonchev–Trinajstić information content (AvgIpc) is 3.31. The highest BCUT2D eigenvalue weighted by molar-refractivity contribution is 7.91. The van der Waals surface area contributed by atoms with Crippen molar-refractivity contribution >= 4 is 15.8 Å². The van der Waals surface area contributed by atoms with Crippen LogP contribution in [0, 0.1) is 0 Å². The monoisotopic (exact) mass is 309 g/mol. The van der Waals surface area contributed by atoms with Crippen molar-refractivity contribution < 1.29 is 8.42 Å². The molecule has 0 amide bonds. The van der Waals surface area contributed by atoms with E-state index < -0.39 is 9.84 Å². The first kappa shape index (κ1) is 15.8. The number of aliphatic imine (C=N–C) groups is 1. The molecule has 116 valence electrons. The van der Waals surface area contributed by atoms with E-state index in [1.54, 1.807) is 30.3 Å². The number of nitrogens with zero attached hydrogens (tertiary/aromatic N) is 2. The molecule has 1 aromatic carbocycles. The third kappa shape index (κ3) is 4.20. The molecule has 1 atom stereocenters. The molecular formula is C15H23N3O2S. The molecule has 21 heavy (non-hydrogen) atoms. The van der Waals surface area contributed by atoms with E-state index in [2.05, 4.69) is 4.99 Å². The smallest absolute Gasteiger partial charge is 0.191 e. The van der Waals surface area contributed by atoms with E-state index in [4.69, 9.17) is 5.73 Å². The summed E-state index contributed by atoms with van der Waals surface area (Å²) in [4.78, 5) is 6.69. The standard InChI is InChI=1S/C15H23N3O2S/c1-3-12(17-15(16)18(2)13-9-10-13)11-21(19,20)14-7-5-4-6-8-14/h4-8,12-13H,3,9-11H2,1-2H3,(H2,16,17). The van der Waals surface area contributed by atoms with Gasteiger partial charge in [-0.2, -0.15) is 0 Å². The third-order valence-corrected chi connectivity index (χ3v) is 5.57. The fraction of sp³-hybridized carbons (Fsp3) is 0.533. The quantitative estimate of drug-likeness (QED) is 0.640. The topological polar surface area (TPSA) is 75.8 Å². The molecule has 0 saturated heterocycles. The summed E-state index contributed by atoms with van der Waals surface area (Å²) in [5, 5.41) is 0. The van der Waals surface area contributed by atoms with Crippen molar-refractivity contribution in [3.05, 3.63) is 30.3 Å². The first-order chi connectivity index (χ1) is 9.94. The number of hydrogen-bond acceptors (Lipinski definition) is 3. The Morgan fingerprint density at radius 2 is 2.00 bits per heavy atom. The molecule has 0 heterocycles. The van der Waals surface area contributed by atoms with Crippen LogP contribution in [0.5, 0.6) is 0 Å². The molecule has 1 aromatic rings. The molecule has 5 nitrogen and oxygen atoms in total. The van der Waals surface area contributed by atoms with Crippen LogP contribution in [-0.2, 0) is 9.84 Å². The largest absolute Gasteiger partial charge is 0.370 e. The number of sulfone groups is 1. The van der Waals surface area contributed by atoms with Crippen molar-refractivity contribution in [1.82, 2.24) is 4.90 Å². The Labute approximate surface area is 126 Å². The zero-order valence-corrected chi connectivity index (χ0v) is 13.4. The van der Waals surface area contributed by atoms with Gasteiger partial charge in [-0.1, -0.05) is 25.1 Å². The van der Waals surface area contributed by atoms with Crippen molar-refractivity contribution in [3.63, 3.8) is 0 Å². The number of rotatable bonds is 6. The molecule has 1 saturated carbocycles. The molecule has 1 aliphatic carbocycles. The summed E-state index contributed by atoms with van der Waals surface area (Å²) >= 11 is 0. The van der Waals surface area contributed by atoms with E-state index in [9.17, 15) is 8.42 Å². The Hall–Kier alpha value is -1.56. The van der Waals surface area contributed by atoms with Crippen LogP contribution in [0.15, 0.2) is 40.2 Å². The molecule has 1 aliphatic rings. The van der Waals surface area contributed by atoms with Gasteiger partial charge in [0, 0.05) is 13.1 Å². The van der Waals surface area contributed by atoms with Crippen LogP contribution in [0.25, 0.3) is 0 Å². The summed E-state index contributed by atoms with van der Waals surface area (Å²) in [5.41, 5.74) is 5.97. The van der Waals surface area contributed by atoms with Gasteiger partial charge in [0.25, 0.3) is 0 Å². The highest BCUT2D eigenvalue weighted by Gasteiger charge is 2.28. The minimum atomic E-state index is -3.33. The van der Waals surface area contributed by atoms with E-state index in [1.165, 1.54) is 0 Å². The molecule has 2 rings (SSSR count). The van der Waals surface area contributed by atoms with Crippen LogP contribution in [0.3, 0.4) is 0 Å². The summed E-state index contributed by atoms with van der Waals surface area (Å²) < 4.78 is 24.8. The predicted octanol–water partition coefficient (Wildman–Crippen LogP) is 1.65. The fourth-order valence-electron chi connectivity index (χ4n) is 2.15. The van der Waals surface area contributed by atoms with Crippen LogP contribution in [0.1, 0.15) is 26.2 Å². The summed E-state index contributed by atoms with van der Waals surface area (Å²) in [6, 6.07) is 8.65. The van der Waals surface area contributed by atoms with Gasteiger partial charge in [0.05, 0.1) is 16.7 Å². The summed E-state index contributed by atoms with van der Waals surface area (Å²) in [5.74, 6) is 0.430. The highest BCUT2D eigenvalue weighted by atomic mass is 32.2. The average molecular weight is 309 g/mol. The Bertz CT molecular complexity index is 595. The molecule has 1 fully saturated rings. The van der Waals surface area contributed by atoms with Crippen LogP contribution < -0.4 is 5.73 Å². The van der Waals surface area contributed by atoms with E-state index in [-0.39, 0.29) is 11.8 Å². The molecule has 0 aromatic heterocycles. The summed E-state index contributed by atoms with van der Waals surface area (Å²) in [6.45, 7) is 1.93. The van der Waals surface area contributed by atoms with E-state index >= 15 is 0 Å². The van der Waals surface area contributed by atoms with Crippen molar-refractivity contribution in [3.8, 4) is 0 Å². The lowest BCUT2D eigenvalue weighted by Gasteiger charge is -2.19. The van der Waals surface area contributed by atoms with Crippen LogP contribution in [0.2, 0.25) is 0 Å².